The lowest BCUT2D eigenvalue weighted by molar-refractivity contribution is 0.189. The Balaban J connectivity index is 1.71. The van der Waals surface area contributed by atoms with Crippen molar-refractivity contribution in [3.8, 4) is 0 Å². The Labute approximate surface area is 112 Å². The molecule has 0 fully saturated rings. The third-order valence-corrected chi connectivity index (χ3v) is 3.45. The van der Waals surface area contributed by atoms with Crippen molar-refractivity contribution < 1.29 is 5.11 Å². The Bertz CT molecular complexity index is 550. The number of rotatable bonds is 3. The quantitative estimate of drug-likeness (QED) is 0.903. The van der Waals surface area contributed by atoms with Gasteiger partial charge in [-0.15, -0.1) is 0 Å². The molecule has 3 rings (SSSR count). The van der Waals surface area contributed by atoms with Crippen LogP contribution < -0.4 is 0 Å². The molecule has 0 amide bonds. The number of hydrogen-bond donors (Lipinski definition) is 1. The first kappa shape index (κ1) is 12.3. The molecule has 3 heterocycles. The largest absolute Gasteiger partial charge is 0.387 e. The third kappa shape index (κ3) is 2.67. The monoisotopic (exact) mass is 258 g/mol. The summed E-state index contributed by atoms with van der Waals surface area (Å²) in [5, 5.41) is 14.0. The number of pyridine rings is 1. The minimum Gasteiger partial charge on any atom is -0.387 e. The van der Waals surface area contributed by atoms with Crippen molar-refractivity contribution in [1.29, 1.82) is 0 Å². The fourth-order valence-corrected chi connectivity index (χ4v) is 2.43. The molecule has 1 aliphatic rings. The van der Waals surface area contributed by atoms with Gasteiger partial charge in [0.1, 0.15) is 0 Å². The summed E-state index contributed by atoms with van der Waals surface area (Å²) in [6.07, 6.45) is 3.21. The van der Waals surface area contributed by atoms with Crippen molar-refractivity contribution in [3.63, 3.8) is 0 Å². The zero-order valence-corrected chi connectivity index (χ0v) is 11.0. The van der Waals surface area contributed by atoms with E-state index in [0.29, 0.717) is 0 Å². The molecular formula is C14H18N4O. The van der Waals surface area contributed by atoms with E-state index in [0.717, 1.165) is 31.9 Å². The van der Waals surface area contributed by atoms with Gasteiger partial charge in [-0.2, -0.15) is 5.10 Å². The zero-order valence-electron chi connectivity index (χ0n) is 11.0. The maximum Gasteiger partial charge on any atom is 0.0950 e. The number of nitrogens with zero attached hydrogens (tertiary/aromatic N) is 4. The average Bonchev–Trinajstić information content (AvgIpc) is 2.83. The van der Waals surface area contributed by atoms with Gasteiger partial charge < -0.3 is 5.11 Å². The summed E-state index contributed by atoms with van der Waals surface area (Å²) in [6, 6.07) is 6.06. The van der Waals surface area contributed by atoms with Crippen LogP contribution in [0.1, 0.15) is 30.0 Å². The van der Waals surface area contributed by atoms with Crippen molar-refractivity contribution in [3.05, 3.63) is 47.5 Å². The molecule has 0 unspecified atom stereocenters. The van der Waals surface area contributed by atoms with Gasteiger partial charge in [0.2, 0.25) is 0 Å². The molecule has 0 radical (unpaired) electrons. The van der Waals surface area contributed by atoms with Gasteiger partial charge in [0, 0.05) is 32.0 Å². The van der Waals surface area contributed by atoms with Gasteiger partial charge in [-0.05, 0) is 24.6 Å². The molecule has 0 bridgehead atoms. The molecule has 5 nitrogen and oxygen atoms in total. The summed E-state index contributed by atoms with van der Waals surface area (Å²) < 4.78 is 2.00. The summed E-state index contributed by atoms with van der Waals surface area (Å²) >= 11 is 0. The predicted octanol–water partition coefficient (Wildman–Crippen LogP) is 1.35. The normalized spacial score (nSPS) is 17.2. The van der Waals surface area contributed by atoms with Gasteiger partial charge in [-0.25, -0.2) is 0 Å². The Morgan fingerprint density at radius 2 is 2.32 bits per heavy atom. The van der Waals surface area contributed by atoms with E-state index in [-0.39, 0.29) is 0 Å². The summed E-state index contributed by atoms with van der Waals surface area (Å²) in [5.41, 5.74) is 3.16. The predicted molar refractivity (Wildman–Crippen MR) is 71.2 cm³/mol. The zero-order chi connectivity index (χ0) is 13.2. The highest BCUT2D eigenvalue weighted by atomic mass is 16.3. The number of aliphatic hydroxyl groups excluding tert-OH is 1. The Kier molecular flexibility index (Phi) is 3.31. The van der Waals surface area contributed by atoms with Crippen molar-refractivity contribution in [2.45, 2.75) is 32.7 Å². The lowest BCUT2D eigenvalue weighted by atomic mass is 10.2. The highest BCUT2D eigenvalue weighted by Gasteiger charge is 2.19. The van der Waals surface area contributed by atoms with Gasteiger partial charge in [0.15, 0.2) is 0 Å². The lowest BCUT2D eigenvalue weighted by Crippen LogP contribution is -2.33. The SMILES string of the molecule is C[C@@H](O)c1cc2n(n1)CCN(Cc1cccnc1)C2. The molecule has 2 aromatic rings. The second-order valence-electron chi connectivity index (χ2n) is 5.03. The fraction of sp³-hybridized carbons (Fsp3) is 0.429. The number of hydrogen-bond acceptors (Lipinski definition) is 4. The molecule has 0 spiro atoms. The van der Waals surface area contributed by atoms with Crippen LogP contribution in [0.15, 0.2) is 30.6 Å². The van der Waals surface area contributed by atoms with Crippen LogP contribution in [0, 0.1) is 0 Å². The Morgan fingerprint density at radius 1 is 1.42 bits per heavy atom. The molecule has 1 aliphatic heterocycles. The first-order valence-electron chi connectivity index (χ1n) is 6.58. The highest BCUT2D eigenvalue weighted by molar-refractivity contribution is 5.14. The number of fused-ring (bicyclic) bond motifs is 1. The van der Waals surface area contributed by atoms with E-state index in [2.05, 4.69) is 21.0 Å². The van der Waals surface area contributed by atoms with Crippen molar-refractivity contribution in [2.75, 3.05) is 6.54 Å². The molecular weight excluding hydrogens is 240 g/mol. The fourth-order valence-electron chi connectivity index (χ4n) is 2.43. The average molecular weight is 258 g/mol. The van der Waals surface area contributed by atoms with Crippen LogP contribution in [-0.4, -0.2) is 31.3 Å². The van der Waals surface area contributed by atoms with Crippen LogP contribution in [0.2, 0.25) is 0 Å². The van der Waals surface area contributed by atoms with Crippen molar-refractivity contribution >= 4 is 0 Å². The molecule has 1 atom stereocenters. The Morgan fingerprint density at radius 3 is 3.05 bits per heavy atom. The van der Waals surface area contributed by atoms with Crippen LogP contribution in [0.5, 0.6) is 0 Å². The first-order valence-corrected chi connectivity index (χ1v) is 6.58. The van der Waals surface area contributed by atoms with E-state index in [4.69, 9.17) is 0 Å². The molecule has 0 aromatic carbocycles. The topological polar surface area (TPSA) is 54.2 Å². The molecule has 0 saturated carbocycles. The summed E-state index contributed by atoms with van der Waals surface area (Å²) in [5.74, 6) is 0. The standard InChI is InChI=1S/C14H18N4O/c1-11(19)14-7-13-10-17(5-6-18(13)16-14)9-12-3-2-4-15-8-12/h2-4,7-8,11,19H,5-6,9-10H2,1H3/t11-/m1/s1. The second kappa shape index (κ2) is 5.11. The molecule has 5 heteroatoms. The van der Waals surface area contributed by atoms with E-state index < -0.39 is 6.10 Å². The number of aliphatic hydroxyl groups is 1. The van der Waals surface area contributed by atoms with Gasteiger partial charge >= 0.3 is 0 Å². The minimum absolute atomic E-state index is 0.495. The van der Waals surface area contributed by atoms with Crippen LogP contribution in [0.4, 0.5) is 0 Å². The van der Waals surface area contributed by atoms with Crippen LogP contribution >= 0.6 is 0 Å². The van der Waals surface area contributed by atoms with Crippen molar-refractivity contribution in [1.82, 2.24) is 19.7 Å². The third-order valence-electron chi connectivity index (χ3n) is 3.45. The van der Waals surface area contributed by atoms with Crippen LogP contribution in [0.3, 0.4) is 0 Å². The summed E-state index contributed by atoms with van der Waals surface area (Å²) in [6.45, 7) is 5.38. The van der Waals surface area contributed by atoms with Crippen molar-refractivity contribution in [2.24, 2.45) is 0 Å². The molecule has 1 N–H and O–H groups in total. The van der Waals surface area contributed by atoms with E-state index in [9.17, 15) is 5.11 Å². The molecule has 0 saturated heterocycles. The highest BCUT2D eigenvalue weighted by Crippen LogP contribution is 2.19. The molecule has 2 aromatic heterocycles. The smallest absolute Gasteiger partial charge is 0.0950 e. The summed E-state index contributed by atoms with van der Waals surface area (Å²) in [7, 11) is 0. The maximum absolute atomic E-state index is 9.58. The molecule has 100 valence electrons. The van der Waals surface area contributed by atoms with Gasteiger partial charge in [0.25, 0.3) is 0 Å². The van der Waals surface area contributed by atoms with Gasteiger partial charge in [-0.1, -0.05) is 6.07 Å². The van der Waals surface area contributed by atoms with E-state index in [1.807, 2.05) is 23.0 Å². The van der Waals surface area contributed by atoms with Gasteiger partial charge in [0.05, 0.1) is 24.0 Å². The molecule has 19 heavy (non-hydrogen) atoms. The van der Waals surface area contributed by atoms with Crippen LogP contribution in [0.25, 0.3) is 0 Å². The van der Waals surface area contributed by atoms with E-state index in [1.165, 1.54) is 11.3 Å². The van der Waals surface area contributed by atoms with E-state index in [1.54, 1.807) is 13.1 Å². The minimum atomic E-state index is -0.495. The lowest BCUT2D eigenvalue weighted by Gasteiger charge is -2.27. The second-order valence-corrected chi connectivity index (χ2v) is 5.03. The van der Waals surface area contributed by atoms with Crippen LogP contribution in [-0.2, 0) is 19.6 Å². The number of aromatic nitrogens is 3. The summed E-state index contributed by atoms with van der Waals surface area (Å²) in [4.78, 5) is 6.52. The Hall–Kier alpha value is -1.72. The first-order chi connectivity index (χ1) is 9.22. The molecule has 0 aliphatic carbocycles. The van der Waals surface area contributed by atoms with E-state index >= 15 is 0 Å². The maximum atomic E-state index is 9.58. The van der Waals surface area contributed by atoms with Gasteiger partial charge in [-0.3, -0.25) is 14.6 Å².